The van der Waals surface area contributed by atoms with E-state index < -0.39 is 0 Å². The van der Waals surface area contributed by atoms with E-state index in [2.05, 4.69) is 32.1 Å². The molecule has 1 saturated heterocycles. The largest absolute Gasteiger partial charge is 0.458 e. The van der Waals surface area contributed by atoms with E-state index in [1.54, 1.807) is 0 Å². The Balaban J connectivity index is 2.01. The van der Waals surface area contributed by atoms with Gasteiger partial charge >= 0.3 is 5.97 Å². The summed E-state index contributed by atoms with van der Waals surface area (Å²) >= 11 is 0. The normalized spacial score (nSPS) is 44.5. The van der Waals surface area contributed by atoms with Crippen LogP contribution in [0.3, 0.4) is 0 Å². The van der Waals surface area contributed by atoms with Crippen LogP contribution in [-0.4, -0.2) is 11.6 Å². The van der Waals surface area contributed by atoms with Gasteiger partial charge < -0.3 is 4.74 Å². The summed E-state index contributed by atoms with van der Waals surface area (Å²) in [4.78, 5) is 11.5. The molecular formula is C15H20O2. The smallest absolute Gasteiger partial charge is 0.306 e. The lowest BCUT2D eigenvalue weighted by molar-refractivity contribution is -0.156. The van der Waals surface area contributed by atoms with Gasteiger partial charge in [-0.15, -0.1) is 0 Å². The van der Waals surface area contributed by atoms with E-state index in [9.17, 15) is 4.79 Å². The van der Waals surface area contributed by atoms with Gasteiger partial charge in [0.2, 0.25) is 0 Å². The van der Waals surface area contributed by atoms with Gasteiger partial charge in [-0.05, 0) is 30.8 Å². The van der Waals surface area contributed by atoms with Crippen LogP contribution in [-0.2, 0) is 9.53 Å². The Morgan fingerprint density at radius 3 is 2.88 bits per heavy atom. The summed E-state index contributed by atoms with van der Waals surface area (Å²) < 4.78 is 5.78. The highest BCUT2D eigenvalue weighted by Crippen LogP contribution is 2.50. The quantitative estimate of drug-likeness (QED) is 0.599. The van der Waals surface area contributed by atoms with Crippen molar-refractivity contribution >= 4 is 5.97 Å². The lowest BCUT2D eigenvalue weighted by Crippen LogP contribution is -2.47. The summed E-state index contributed by atoms with van der Waals surface area (Å²) in [5.41, 5.74) is 1.18. The van der Waals surface area contributed by atoms with Crippen molar-refractivity contribution in [3.63, 3.8) is 0 Å². The van der Waals surface area contributed by atoms with Crippen molar-refractivity contribution < 1.29 is 9.53 Å². The highest BCUT2D eigenvalue weighted by atomic mass is 16.6. The number of esters is 1. The molecule has 3 aliphatic rings. The lowest BCUT2D eigenvalue weighted by Gasteiger charge is -2.45. The second-order valence-electron chi connectivity index (χ2n) is 5.85. The van der Waals surface area contributed by atoms with Crippen LogP contribution in [0.25, 0.3) is 0 Å². The summed E-state index contributed by atoms with van der Waals surface area (Å²) in [6, 6.07) is 0. The third-order valence-electron chi connectivity index (χ3n) is 4.75. The zero-order chi connectivity index (χ0) is 12.0. The summed E-state index contributed by atoms with van der Waals surface area (Å²) in [7, 11) is 0. The van der Waals surface area contributed by atoms with E-state index in [0.29, 0.717) is 24.2 Å². The summed E-state index contributed by atoms with van der Waals surface area (Å²) in [5.74, 6) is 1.44. The fourth-order valence-corrected chi connectivity index (χ4v) is 3.74. The minimum Gasteiger partial charge on any atom is -0.458 e. The Morgan fingerprint density at radius 1 is 1.35 bits per heavy atom. The van der Waals surface area contributed by atoms with Gasteiger partial charge in [0.15, 0.2) is 0 Å². The van der Waals surface area contributed by atoms with Gasteiger partial charge in [0.1, 0.15) is 5.60 Å². The molecule has 0 N–H and O–H groups in total. The first-order valence-corrected chi connectivity index (χ1v) is 6.73. The van der Waals surface area contributed by atoms with Gasteiger partial charge in [-0.25, -0.2) is 0 Å². The molecular weight excluding hydrogens is 212 g/mol. The van der Waals surface area contributed by atoms with Crippen molar-refractivity contribution in [2.75, 3.05) is 0 Å². The second-order valence-corrected chi connectivity index (χ2v) is 5.85. The van der Waals surface area contributed by atoms with Crippen LogP contribution in [0.1, 0.15) is 39.5 Å². The number of carbonyl (C=O) groups excluding carboxylic acids is 1. The van der Waals surface area contributed by atoms with E-state index in [1.165, 1.54) is 12.0 Å². The highest BCUT2D eigenvalue weighted by molar-refractivity contribution is 5.72. The number of carbonyl (C=O) groups is 1. The van der Waals surface area contributed by atoms with Gasteiger partial charge in [-0.1, -0.05) is 32.1 Å². The number of fused-ring (bicyclic) bond motifs is 2. The van der Waals surface area contributed by atoms with Crippen molar-refractivity contribution in [1.82, 2.24) is 0 Å². The van der Waals surface area contributed by atoms with E-state index in [-0.39, 0.29) is 11.6 Å². The number of ether oxygens (including phenoxy) is 1. The maximum Gasteiger partial charge on any atom is 0.306 e. The molecule has 1 heterocycles. The van der Waals surface area contributed by atoms with E-state index >= 15 is 0 Å². The van der Waals surface area contributed by atoms with Crippen molar-refractivity contribution in [2.24, 2.45) is 17.8 Å². The third kappa shape index (κ3) is 1.57. The number of allylic oxidation sites excluding steroid dienone is 2. The van der Waals surface area contributed by atoms with Gasteiger partial charge in [0.05, 0.1) is 0 Å². The summed E-state index contributed by atoms with van der Waals surface area (Å²) in [5, 5.41) is 0. The Morgan fingerprint density at radius 2 is 2.18 bits per heavy atom. The molecule has 0 amide bonds. The van der Waals surface area contributed by atoms with Crippen molar-refractivity contribution in [2.45, 2.75) is 45.1 Å². The maximum absolute atomic E-state index is 11.5. The topological polar surface area (TPSA) is 26.3 Å². The zero-order valence-electron chi connectivity index (χ0n) is 10.6. The molecule has 0 radical (unpaired) electrons. The molecule has 17 heavy (non-hydrogen) atoms. The molecule has 0 unspecified atom stereocenters. The van der Waals surface area contributed by atoms with Gasteiger partial charge in [-0.2, -0.15) is 0 Å². The molecule has 0 bridgehead atoms. The predicted octanol–water partition coefficient (Wildman–Crippen LogP) is 3.24. The third-order valence-corrected chi connectivity index (χ3v) is 4.75. The van der Waals surface area contributed by atoms with Crippen LogP contribution in [0, 0.1) is 17.8 Å². The SMILES string of the molecule is C[C@H]1C=C2C=C[C@H](C)[C@]3(CCC(=O)O3)[C@H]2CC1. The molecule has 2 nitrogen and oxygen atoms in total. The first-order chi connectivity index (χ1) is 8.12. The summed E-state index contributed by atoms with van der Waals surface area (Å²) in [6.45, 7) is 4.45. The number of hydrogen-bond donors (Lipinski definition) is 0. The van der Waals surface area contributed by atoms with Gasteiger partial charge in [0.25, 0.3) is 0 Å². The summed E-state index contributed by atoms with van der Waals surface area (Å²) in [6.07, 6.45) is 10.7. The van der Waals surface area contributed by atoms with Crippen molar-refractivity contribution in [3.05, 3.63) is 23.8 Å². The fraction of sp³-hybridized carbons (Fsp3) is 0.667. The van der Waals surface area contributed by atoms with Crippen LogP contribution >= 0.6 is 0 Å². The molecule has 1 spiro atoms. The average Bonchev–Trinajstić information content (AvgIpc) is 2.68. The first kappa shape index (κ1) is 11.1. The van der Waals surface area contributed by atoms with Gasteiger partial charge in [0, 0.05) is 18.3 Å². The van der Waals surface area contributed by atoms with Crippen molar-refractivity contribution in [3.8, 4) is 0 Å². The second kappa shape index (κ2) is 3.72. The fourth-order valence-electron chi connectivity index (χ4n) is 3.74. The van der Waals surface area contributed by atoms with E-state index in [4.69, 9.17) is 4.74 Å². The Hall–Kier alpha value is -1.05. The van der Waals surface area contributed by atoms with Gasteiger partial charge in [-0.3, -0.25) is 4.79 Å². The maximum atomic E-state index is 11.5. The molecule has 0 aromatic carbocycles. The Labute approximate surface area is 103 Å². The first-order valence-electron chi connectivity index (χ1n) is 6.73. The van der Waals surface area contributed by atoms with Crippen LogP contribution in [0.2, 0.25) is 0 Å². The average molecular weight is 232 g/mol. The molecule has 0 saturated carbocycles. The zero-order valence-corrected chi connectivity index (χ0v) is 10.6. The lowest BCUT2D eigenvalue weighted by atomic mass is 9.64. The van der Waals surface area contributed by atoms with Crippen LogP contribution in [0.4, 0.5) is 0 Å². The molecule has 2 heteroatoms. The van der Waals surface area contributed by atoms with Crippen LogP contribution in [0.5, 0.6) is 0 Å². The molecule has 2 aliphatic carbocycles. The van der Waals surface area contributed by atoms with Crippen LogP contribution in [0.15, 0.2) is 23.8 Å². The molecule has 3 rings (SSSR count). The molecule has 1 aliphatic heterocycles. The Kier molecular flexibility index (Phi) is 2.42. The predicted molar refractivity (Wildman–Crippen MR) is 66.3 cm³/mol. The number of hydrogen-bond acceptors (Lipinski definition) is 2. The highest BCUT2D eigenvalue weighted by Gasteiger charge is 2.52. The Bertz CT molecular complexity index is 407. The minimum absolute atomic E-state index is 0.00915. The molecule has 1 fully saturated rings. The molecule has 4 atom stereocenters. The number of rotatable bonds is 0. The molecule has 0 aromatic heterocycles. The minimum atomic E-state index is -0.224. The molecule has 0 aromatic rings. The van der Waals surface area contributed by atoms with E-state index in [1.807, 2.05) is 0 Å². The van der Waals surface area contributed by atoms with Crippen molar-refractivity contribution in [1.29, 1.82) is 0 Å². The van der Waals surface area contributed by atoms with E-state index in [0.717, 1.165) is 12.8 Å². The standard InChI is InChI=1S/C15H20O2/c1-10-3-6-13-12(9-10)5-4-11(2)15(13)8-7-14(16)17-15/h4-5,9-11,13H,3,6-8H2,1-2H3/t10-,11+,13+,15-/m1/s1. The monoisotopic (exact) mass is 232 g/mol. The van der Waals surface area contributed by atoms with Crippen LogP contribution < -0.4 is 0 Å². The molecule has 92 valence electrons.